The first-order valence-corrected chi connectivity index (χ1v) is 7.57. The van der Waals surface area contributed by atoms with Crippen molar-refractivity contribution in [2.75, 3.05) is 33.4 Å². The van der Waals surface area contributed by atoms with Crippen molar-refractivity contribution in [2.45, 2.75) is 25.5 Å². The molecule has 0 bridgehead atoms. The molecule has 1 amide bonds. The molecule has 0 aliphatic carbocycles. The van der Waals surface area contributed by atoms with Crippen LogP contribution in [-0.2, 0) is 16.1 Å². The lowest BCUT2D eigenvalue weighted by Gasteiger charge is -2.23. The second kappa shape index (κ2) is 8.82. The third-order valence-electron chi connectivity index (χ3n) is 3.63. The minimum Gasteiger partial charge on any atom is -0.382 e. The Bertz CT molecular complexity index is 490. The summed E-state index contributed by atoms with van der Waals surface area (Å²) >= 11 is 0. The maximum atomic E-state index is 13.7. The van der Waals surface area contributed by atoms with Gasteiger partial charge in [0.2, 0.25) is 0 Å². The summed E-state index contributed by atoms with van der Waals surface area (Å²) in [4.78, 5) is 12.2. The molecule has 22 heavy (non-hydrogen) atoms. The number of nitrogens with one attached hydrogen (secondary N) is 2. The number of rotatable bonds is 7. The van der Waals surface area contributed by atoms with Crippen LogP contribution in [0.25, 0.3) is 0 Å². The number of halogens is 1. The maximum absolute atomic E-state index is 13.7. The summed E-state index contributed by atoms with van der Waals surface area (Å²) in [5.74, 6) is -0.542. The van der Waals surface area contributed by atoms with Crippen LogP contribution in [0.3, 0.4) is 0 Å². The monoisotopic (exact) mass is 310 g/mol. The number of hydrogen-bond acceptors (Lipinski definition) is 4. The lowest BCUT2D eigenvalue weighted by Crippen LogP contribution is -2.45. The summed E-state index contributed by atoms with van der Waals surface area (Å²) < 4.78 is 23.9. The average Bonchev–Trinajstić information content (AvgIpc) is 2.54. The highest BCUT2D eigenvalue weighted by Crippen LogP contribution is 2.13. The van der Waals surface area contributed by atoms with Gasteiger partial charge in [-0.2, -0.15) is 0 Å². The Balaban J connectivity index is 1.93. The molecule has 0 spiro atoms. The van der Waals surface area contributed by atoms with Gasteiger partial charge in [0.1, 0.15) is 5.82 Å². The molecule has 122 valence electrons. The van der Waals surface area contributed by atoms with Crippen molar-refractivity contribution in [1.82, 2.24) is 10.6 Å². The largest absolute Gasteiger partial charge is 0.382 e. The van der Waals surface area contributed by atoms with Gasteiger partial charge in [-0.05, 0) is 37.6 Å². The van der Waals surface area contributed by atoms with E-state index in [1.807, 2.05) is 0 Å². The summed E-state index contributed by atoms with van der Waals surface area (Å²) in [5, 5.41) is 6.22. The molecule has 1 aromatic carbocycles. The van der Waals surface area contributed by atoms with Gasteiger partial charge in [0.25, 0.3) is 5.91 Å². The zero-order chi connectivity index (χ0) is 15.8. The summed E-state index contributed by atoms with van der Waals surface area (Å²) in [7, 11) is 1.58. The standard InChI is InChI=1S/C16H23FN2O3/c1-21-7-8-22-11-13-9-12(4-5-15(13)17)16(20)19-14-3-2-6-18-10-14/h4-5,9,14,18H,2-3,6-8,10-11H2,1H3,(H,19,20). The Kier molecular flexibility index (Phi) is 6.76. The van der Waals surface area contributed by atoms with Gasteiger partial charge < -0.3 is 20.1 Å². The number of piperidine rings is 1. The first-order valence-electron chi connectivity index (χ1n) is 7.57. The molecule has 1 aromatic rings. The molecule has 1 heterocycles. The summed E-state index contributed by atoms with van der Waals surface area (Å²) in [6, 6.07) is 4.49. The van der Waals surface area contributed by atoms with E-state index in [1.54, 1.807) is 13.2 Å². The van der Waals surface area contributed by atoms with Crippen LogP contribution in [-0.4, -0.2) is 45.4 Å². The highest BCUT2D eigenvalue weighted by molar-refractivity contribution is 5.94. The lowest BCUT2D eigenvalue weighted by molar-refractivity contribution is 0.0603. The van der Waals surface area contributed by atoms with E-state index in [0.29, 0.717) is 24.3 Å². The van der Waals surface area contributed by atoms with Gasteiger partial charge >= 0.3 is 0 Å². The average molecular weight is 310 g/mol. The number of amides is 1. The van der Waals surface area contributed by atoms with Crippen LogP contribution >= 0.6 is 0 Å². The zero-order valence-electron chi connectivity index (χ0n) is 12.9. The third kappa shape index (κ3) is 5.05. The number of carbonyl (C=O) groups excluding carboxylic acids is 1. The van der Waals surface area contributed by atoms with Gasteiger partial charge in [0.05, 0.1) is 19.8 Å². The van der Waals surface area contributed by atoms with Crippen LogP contribution in [0.2, 0.25) is 0 Å². The molecule has 1 aliphatic rings. The number of methoxy groups -OCH3 is 1. The second-order valence-electron chi connectivity index (χ2n) is 5.37. The van der Waals surface area contributed by atoms with Crippen LogP contribution < -0.4 is 10.6 Å². The molecule has 1 fully saturated rings. The van der Waals surface area contributed by atoms with Crippen LogP contribution in [0.4, 0.5) is 4.39 Å². The maximum Gasteiger partial charge on any atom is 0.251 e. The molecule has 1 saturated heterocycles. The van der Waals surface area contributed by atoms with Crippen molar-refractivity contribution in [2.24, 2.45) is 0 Å². The molecule has 1 atom stereocenters. The molecule has 2 N–H and O–H groups in total. The number of carbonyl (C=O) groups is 1. The van der Waals surface area contributed by atoms with Gasteiger partial charge in [0, 0.05) is 30.8 Å². The molecular weight excluding hydrogens is 287 g/mol. The Labute approximate surface area is 130 Å². The van der Waals surface area contributed by atoms with Crippen molar-refractivity contribution < 1.29 is 18.7 Å². The summed E-state index contributed by atoms with van der Waals surface area (Å²) in [5.41, 5.74) is 0.836. The first-order chi connectivity index (χ1) is 10.7. The van der Waals surface area contributed by atoms with Gasteiger partial charge in [-0.1, -0.05) is 0 Å². The van der Waals surface area contributed by atoms with E-state index in [0.717, 1.165) is 25.9 Å². The normalized spacial score (nSPS) is 18.2. The van der Waals surface area contributed by atoms with Crippen LogP contribution in [0.5, 0.6) is 0 Å². The summed E-state index contributed by atoms with van der Waals surface area (Å²) in [6.45, 7) is 2.74. The fraction of sp³-hybridized carbons (Fsp3) is 0.562. The van der Waals surface area contributed by atoms with Gasteiger partial charge in [-0.25, -0.2) is 4.39 Å². The van der Waals surface area contributed by atoms with E-state index in [2.05, 4.69) is 10.6 Å². The summed E-state index contributed by atoms with van der Waals surface area (Å²) in [6.07, 6.45) is 2.01. The number of ether oxygens (including phenoxy) is 2. The van der Waals surface area contributed by atoms with E-state index in [4.69, 9.17) is 9.47 Å². The fourth-order valence-corrected chi connectivity index (χ4v) is 2.39. The van der Waals surface area contributed by atoms with Gasteiger partial charge in [-0.3, -0.25) is 4.79 Å². The molecule has 0 saturated carbocycles. The predicted molar refractivity (Wildman–Crippen MR) is 81.3 cm³/mol. The van der Waals surface area contributed by atoms with Crippen LogP contribution in [0.15, 0.2) is 18.2 Å². The van der Waals surface area contributed by atoms with E-state index >= 15 is 0 Å². The molecule has 0 aromatic heterocycles. The zero-order valence-corrected chi connectivity index (χ0v) is 12.9. The van der Waals surface area contributed by atoms with Crippen LogP contribution in [0, 0.1) is 5.82 Å². The van der Waals surface area contributed by atoms with Crippen molar-refractivity contribution >= 4 is 5.91 Å². The Morgan fingerprint density at radius 1 is 1.45 bits per heavy atom. The Morgan fingerprint density at radius 2 is 2.32 bits per heavy atom. The molecule has 1 unspecified atom stereocenters. The van der Waals surface area contributed by atoms with Crippen molar-refractivity contribution in [1.29, 1.82) is 0 Å². The van der Waals surface area contributed by atoms with Crippen molar-refractivity contribution in [3.05, 3.63) is 35.1 Å². The first kappa shape index (κ1) is 16.9. The smallest absolute Gasteiger partial charge is 0.251 e. The Hall–Kier alpha value is -1.50. The molecule has 5 nitrogen and oxygen atoms in total. The Morgan fingerprint density at radius 3 is 3.05 bits per heavy atom. The number of benzene rings is 1. The lowest BCUT2D eigenvalue weighted by atomic mass is 10.1. The molecule has 6 heteroatoms. The SMILES string of the molecule is COCCOCc1cc(C(=O)NC2CCCNC2)ccc1F. The van der Waals surface area contributed by atoms with E-state index in [-0.39, 0.29) is 24.4 Å². The van der Waals surface area contributed by atoms with Gasteiger partial charge in [-0.15, -0.1) is 0 Å². The molecule has 1 aliphatic heterocycles. The fourth-order valence-electron chi connectivity index (χ4n) is 2.39. The van der Waals surface area contributed by atoms with Gasteiger partial charge in [0.15, 0.2) is 0 Å². The predicted octanol–water partition coefficient (Wildman–Crippen LogP) is 1.47. The molecule has 0 radical (unpaired) electrons. The van der Waals surface area contributed by atoms with Crippen LogP contribution in [0.1, 0.15) is 28.8 Å². The highest BCUT2D eigenvalue weighted by Gasteiger charge is 2.17. The third-order valence-corrected chi connectivity index (χ3v) is 3.63. The van der Waals surface area contributed by atoms with E-state index in [9.17, 15) is 9.18 Å². The van der Waals surface area contributed by atoms with Crippen molar-refractivity contribution in [3.63, 3.8) is 0 Å². The minimum absolute atomic E-state index is 0.126. The minimum atomic E-state index is -0.367. The topological polar surface area (TPSA) is 59.6 Å². The van der Waals surface area contributed by atoms with E-state index < -0.39 is 0 Å². The van der Waals surface area contributed by atoms with E-state index in [1.165, 1.54) is 12.1 Å². The quantitative estimate of drug-likeness (QED) is 0.749. The molecular formula is C16H23FN2O3. The second-order valence-corrected chi connectivity index (χ2v) is 5.37. The molecule has 2 rings (SSSR count). The van der Waals surface area contributed by atoms with Crippen molar-refractivity contribution in [3.8, 4) is 0 Å². The highest BCUT2D eigenvalue weighted by atomic mass is 19.1. The number of hydrogen-bond donors (Lipinski definition) is 2.